The van der Waals surface area contributed by atoms with Crippen molar-refractivity contribution in [3.63, 3.8) is 0 Å². The smallest absolute Gasteiger partial charge is 0.172 e. The molecule has 82 valence electrons. The van der Waals surface area contributed by atoms with Gasteiger partial charge in [0.1, 0.15) is 11.5 Å². The van der Waals surface area contributed by atoms with Gasteiger partial charge in [0.05, 0.1) is 17.6 Å². The van der Waals surface area contributed by atoms with Crippen molar-refractivity contribution in [1.82, 2.24) is 0 Å². The molecule has 3 nitrogen and oxygen atoms in total. The summed E-state index contributed by atoms with van der Waals surface area (Å²) in [5.74, 6) is 1.68. The maximum atomic E-state index is 12.2. The Bertz CT molecular complexity index is 378. The lowest BCUT2D eigenvalue weighted by atomic mass is 9.92. The predicted molar refractivity (Wildman–Crippen MR) is 56.0 cm³/mol. The molecule has 0 bridgehead atoms. The van der Waals surface area contributed by atoms with Gasteiger partial charge in [-0.1, -0.05) is 0 Å². The lowest BCUT2D eigenvalue weighted by Gasteiger charge is -2.11. The van der Waals surface area contributed by atoms with E-state index < -0.39 is 0 Å². The first-order valence-corrected chi connectivity index (χ1v) is 5.32. The minimum absolute atomic E-state index is 0.000648. The van der Waals surface area contributed by atoms with E-state index in [1.807, 2.05) is 26.8 Å². The Hall–Kier alpha value is -1.09. The number of hydrogen-bond acceptors (Lipinski definition) is 3. The normalized spacial score (nSPS) is 25.8. The number of carbonyl (C=O) groups is 1. The van der Waals surface area contributed by atoms with Crippen LogP contribution >= 0.6 is 0 Å². The minimum atomic E-state index is 0.000648. The average Bonchev–Trinajstić information content (AvgIpc) is 2.71. The van der Waals surface area contributed by atoms with Gasteiger partial charge < -0.3 is 9.15 Å². The zero-order chi connectivity index (χ0) is 11.0. The van der Waals surface area contributed by atoms with Crippen LogP contribution in [0.2, 0.25) is 0 Å². The second-order valence-electron chi connectivity index (χ2n) is 4.16. The molecular formula is C12H16O3. The number of rotatable bonds is 2. The van der Waals surface area contributed by atoms with E-state index in [4.69, 9.17) is 9.15 Å². The number of furan rings is 1. The van der Waals surface area contributed by atoms with E-state index in [0.29, 0.717) is 6.61 Å². The van der Waals surface area contributed by atoms with Crippen LogP contribution in [0.3, 0.4) is 0 Å². The van der Waals surface area contributed by atoms with Crippen molar-refractivity contribution < 1.29 is 13.9 Å². The van der Waals surface area contributed by atoms with Crippen molar-refractivity contribution in [2.45, 2.75) is 33.3 Å². The molecule has 0 spiro atoms. The molecule has 0 N–H and O–H groups in total. The highest BCUT2D eigenvalue weighted by molar-refractivity contribution is 5.99. The van der Waals surface area contributed by atoms with Gasteiger partial charge >= 0.3 is 0 Å². The van der Waals surface area contributed by atoms with E-state index in [2.05, 4.69) is 0 Å². The van der Waals surface area contributed by atoms with E-state index in [1.54, 1.807) is 0 Å². The highest BCUT2D eigenvalue weighted by Crippen LogP contribution is 2.27. The Morgan fingerprint density at radius 1 is 1.47 bits per heavy atom. The average molecular weight is 208 g/mol. The molecule has 0 aromatic carbocycles. The molecule has 2 atom stereocenters. The van der Waals surface area contributed by atoms with Crippen molar-refractivity contribution in [2.24, 2.45) is 5.92 Å². The summed E-state index contributed by atoms with van der Waals surface area (Å²) in [5.41, 5.74) is 0.717. The van der Waals surface area contributed by atoms with Gasteiger partial charge in [0, 0.05) is 6.61 Å². The fourth-order valence-electron chi connectivity index (χ4n) is 2.15. The summed E-state index contributed by atoms with van der Waals surface area (Å²) in [6, 6.07) is 1.82. The summed E-state index contributed by atoms with van der Waals surface area (Å²) in [6.45, 7) is 6.34. The monoisotopic (exact) mass is 208 g/mol. The summed E-state index contributed by atoms with van der Waals surface area (Å²) >= 11 is 0. The zero-order valence-corrected chi connectivity index (χ0v) is 9.37. The first kappa shape index (κ1) is 10.4. The summed E-state index contributed by atoms with van der Waals surface area (Å²) in [7, 11) is 0. The first-order valence-electron chi connectivity index (χ1n) is 5.32. The van der Waals surface area contributed by atoms with E-state index in [0.717, 1.165) is 23.5 Å². The lowest BCUT2D eigenvalue weighted by Crippen LogP contribution is -2.21. The summed E-state index contributed by atoms with van der Waals surface area (Å²) in [6.07, 6.45) is 0.857. The molecular weight excluding hydrogens is 192 g/mol. The molecule has 1 aliphatic heterocycles. The molecule has 2 heterocycles. The summed E-state index contributed by atoms with van der Waals surface area (Å²) < 4.78 is 10.8. The third-order valence-electron chi connectivity index (χ3n) is 3.02. The number of ether oxygens (including phenoxy) is 1. The van der Waals surface area contributed by atoms with Gasteiger partial charge in [-0.15, -0.1) is 0 Å². The number of Topliss-reactive ketones (excluding diaryl/α,β-unsaturated/α-hetero) is 1. The van der Waals surface area contributed by atoms with Crippen molar-refractivity contribution >= 4 is 5.78 Å². The van der Waals surface area contributed by atoms with E-state index >= 15 is 0 Å². The van der Waals surface area contributed by atoms with Crippen LogP contribution in [0, 0.1) is 19.8 Å². The minimum Gasteiger partial charge on any atom is -0.466 e. The molecule has 1 aromatic rings. The van der Waals surface area contributed by atoms with Crippen LogP contribution in [-0.2, 0) is 4.74 Å². The molecule has 2 rings (SSSR count). The number of hydrogen-bond donors (Lipinski definition) is 0. The van der Waals surface area contributed by atoms with Crippen molar-refractivity contribution in [3.8, 4) is 0 Å². The molecule has 2 unspecified atom stereocenters. The lowest BCUT2D eigenvalue weighted by molar-refractivity contribution is 0.0763. The maximum Gasteiger partial charge on any atom is 0.172 e. The van der Waals surface area contributed by atoms with Crippen LogP contribution < -0.4 is 0 Å². The first-order chi connectivity index (χ1) is 7.09. The van der Waals surface area contributed by atoms with Crippen LogP contribution in [0.5, 0.6) is 0 Å². The molecule has 1 aliphatic rings. The van der Waals surface area contributed by atoms with Crippen molar-refractivity contribution in [2.75, 3.05) is 6.61 Å². The van der Waals surface area contributed by atoms with Crippen LogP contribution in [-0.4, -0.2) is 18.5 Å². The Balaban J connectivity index is 2.24. The number of ketones is 1. The quantitative estimate of drug-likeness (QED) is 0.701. The van der Waals surface area contributed by atoms with E-state index in [-0.39, 0.29) is 17.8 Å². The zero-order valence-electron chi connectivity index (χ0n) is 9.37. The number of aryl methyl sites for hydroxylation is 2. The Labute approximate surface area is 89.4 Å². The molecule has 0 radical (unpaired) electrons. The van der Waals surface area contributed by atoms with Gasteiger partial charge in [0.15, 0.2) is 5.78 Å². The fourth-order valence-corrected chi connectivity index (χ4v) is 2.15. The molecule has 1 aromatic heterocycles. The molecule has 1 saturated heterocycles. The third kappa shape index (κ3) is 1.84. The van der Waals surface area contributed by atoms with Gasteiger partial charge in [-0.25, -0.2) is 0 Å². The van der Waals surface area contributed by atoms with Gasteiger partial charge in [-0.2, -0.15) is 0 Å². The standard InChI is InChI=1S/C12H16O3/c1-7-6-11(9(3)15-7)12(13)10-4-5-14-8(10)2/h6,8,10H,4-5H2,1-3H3. The predicted octanol–water partition coefficient (Wildman–Crippen LogP) is 2.50. The highest BCUT2D eigenvalue weighted by atomic mass is 16.5. The Morgan fingerprint density at radius 2 is 2.20 bits per heavy atom. The van der Waals surface area contributed by atoms with Crippen molar-refractivity contribution in [1.29, 1.82) is 0 Å². The SMILES string of the molecule is Cc1cc(C(=O)C2CCOC2C)c(C)o1. The van der Waals surface area contributed by atoms with Gasteiger partial charge in [0.25, 0.3) is 0 Å². The van der Waals surface area contributed by atoms with Crippen molar-refractivity contribution in [3.05, 3.63) is 23.2 Å². The third-order valence-corrected chi connectivity index (χ3v) is 3.02. The second-order valence-corrected chi connectivity index (χ2v) is 4.16. The van der Waals surface area contributed by atoms with Crippen LogP contribution in [0.4, 0.5) is 0 Å². The molecule has 0 aliphatic carbocycles. The summed E-state index contributed by atoms with van der Waals surface area (Å²) in [4.78, 5) is 12.2. The maximum absolute atomic E-state index is 12.2. The molecule has 3 heteroatoms. The van der Waals surface area contributed by atoms with E-state index in [1.165, 1.54) is 0 Å². The van der Waals surface area contributed by atoms with Crippen LogP contribution in [0.1, 0.15) is 35.2 Å². The molecule has 0 saturated carbocycles. The van der Waals surface area contributed by atoms with Gasteiger partial charge in [-0.05, 0) is 33.3 Å². The molecule has 1 fully saturated rings. The van der Waals surface area contributed by atoms with Gasteiger partial charge in [0.2, 0.25) is 0 Å². The highest BCUT2D eigenvalue weighted by Gasteiger charge is 2.32. The Kier molecular flexibility index (Phi) is 2.65. The fraction of sp³-hybridized carbons (Fsp3) is 0.583. The Morgan fingerprint density at radius 3 is 2.67 bits per heavy atom. The van der Waals surface area contributed by atoms with Crippen LogP contribution in [0.15, 0.2) is 10.5 Å². The molecule has 15 heavy (non-hydrogen) atoms. The number of carbonyl (C=O) groups excluding carboxylic acids is 1. The second kappa shape index (κ2) is 3.81. The van der Waals surface area contributed by atoms with Crippen LogP contribution in [0.25, 0.3) is 0 Å². The summed E-state index contributed by atoms with van der Waals surface area (Å²) in [5, 5.41) is 0. The topological polar surface area (TPSA) is 39.4 Å². The van der Waals surface area contributed by atoms with E-state index in [9.17, 15) is 4.79 Å². The van der Waals surface area contributed by atoms with Gasteiger partial charge in [-0.3, -0.25) is 4.79 Å². The largest absolute Gasteiger partial charge is 0.466 e. The molecule has 0 amide bonds.